The molecule has 0 aliphatic carbocycles. The van der Waals surface area contributed by atoms with Gasteiger partial charge >= 0.3 is 0 Å². The summed E-state index contributed by atoms with van der Waals surface area (Å²) in [7, 11) is 0. The van der Waals surface area contributed by atoms with Crippen LogP contribution in [-0.4, -0.2) is 67.6 Å². The lowest BCUT2D eigenvalue weighted by atomic mass is 10.2. The summed E-state index contributed by atoms with van der Waals surface area (Å²) in [5.74, 6) is -0.980. The first-order chi connectivity index (χ1) is 9.45. The van der Waals surface area contributed by atoms with Crippen molar-refractivity contribution < 1.29 is 19.1 Å². The second-order valence-electron chi connectivity index (χ2n) is 4.82. The lowest BCUT2D eigenvalue weighted by Crippen LogP contribution is -2.58. The molecule has 8 nitrogen and oxygen atoms in total. The summed E-state index contributed by atoms with van der Waals surface area (Å²) in [4.78, 5) is 36.6. The molecule has 1 heterocycles. The highest BCUT2D eigenvalue weighted by Crippen LogP contribution is 2.08. The van der Waals surface area contributed by atoms with Crippen molar-refractivity contribution in [2.45, 2.75) is 25.9 Å². The summed E-state index contributed by atoms with van der Waals surface area (Å²) in [5, 5.41) is 5.16. The third-order valence-electron chi connectivity index (χ3n) is 2.80. The van der Waals surface area contributed by atoms with Gasteiger partial charge in [-0.1, -0.05) is 0 Å². The van der Waals surface area contributed by atoms with E-state index in [1.54, 1.807) is 0 Å². The summed E-state index contributed by atoms with van der Waals surface area (Å²) in [5.41, 5.74) is 5.15. The van der Waals surface area contributed by atoms with E-state index in [1.807, 2.05) is 13.8 Å². The van der Waals surface area contributed by atoms with Gasteiger partial charge in [0.1, 0.15) is 6.04 Å². The minimum absolute atomic E-state index is 0.0154. The highest BCUT2D eigenvalue weighted by atomic mass is 16.5. The third-order valence-corrected chi connectivity index (χ3v) is 2.80. The van der Waals surface area contributed by atoms with Crippen LogP contribution in [0.5, 0.6) is 0 Å². The topological polar surface area (TPSA) is 114 Å². The van der Waals surface area contributed by atoms with Crippen LogP contribution >= 0.6 is 0 Å². The standard InChI is InChI=1S/C12H22N4O4/c1-8(2)15-12(19)9-7-20-4-3-16(9)11(18)6-14-10(17)5-13/h8-9H,3-7,13H2,1-2H3,(H,14,17)(H,15,19). The van der Waals surface area contributed by atoms with Crippen LogP contribution in [0.1, 0.15) is 13.8 Å². The average Bonchev–Trinajstić information content (AvgIpc) is 2.43. The van der Waals surface area contributed by atoms with Crippen LogP contribution in [0.4, 0.5) is 0 Å². The van der Waals surface area contributed by atoms with Gasteiger partial charge in [-0.3, -0.25) is 14.4 Å². The number of rotatable bonds is 5. The van der Waals surface area contributed by atoms with E-state index >= 15 is 0 Å². The molecule has 20 heavy (non-hydrogen) atoms. The van der Waals surface area contributed by atoms with Gasteiger partial charge in [0.25, 0.3) is 0 Å². The normalized spacial score (nSPS) is 18.8. The summed E-state index contributed by atoms with van der Waals surface area (Å²) in [6.45, 7) is 4.21. The Labute approximate surface area is 118 Å². The largest absolute Gasteiger partial charge is 0.377 e. The van der Waals surface area contributed by atoms with Gasteiger partial charge in [-0.2, -0.15) is 0 Å². The molecule has 114 valence electrons. The Balaban J connectivity index is 2.61. The number of nitrogens with zero attached hydrogens (tertiary/aromatic N) is 1. The van der Waals surface area contributed by atoms with E-state index in [1.165, 1.54) is 4.90 Å². The highest BCUT2D eigenvalue weighted by molar-refractivity contribution is 5.90. The molecule has 0 aromatic rings. The van der Waals surface area contributed by atoms with Crippen molar-refractivity contribution in [2.75, 3.05) is 32.8 Å². The Morgan fingerprint density at radius 1 is 1.40 bits per heavy atom. The van der Waals surface area contributed by atoms with Gasteiger partial charge in [0.05, 0.1) is 26.3 Å². The zero-order chi connectivity index (χ0) is 15.1. The first-order valence-corrected chi connectivity index (χ1v) is 6.60. The van der Waals surface area contributed by atoms with Crippen molar-refractivity contribution in [3.8, 4) is 0 Å². The van der Waals surface area contributed by atoms with E-state index in [2.05, 4.69) is 10.6 Å². The molecule has 0 aromatic heterocycles. The van der Waals surface area contributed by atoms with E-state index in [0.29, 0.717) is 13.2 Å². The van der Waals surface area contributed by atoms with Crippen molar-refractivity contribution in [1.29, 1.82) is 0 Å². The van der Waals surface area contributed by atoms with Crippen LogP contribution in [0.15, 0.2) is 0 Å². The lowest BCUT2D eigenvalue weighted by Gasteiger charge is -2.35. The molecule has 1 atom stereocenters. The Kier molecular flexibility index (Phi) is 6.40. The molecule has 1 saturated heterocycles. The average molecular weight is 286 g/mol. The number of amides is 3. The maximum Gasteiger partial charge on any atom is 0.245 e. The first kappa shape index (κ1) is 16.4. The molecule has 0 radical (unpaired) electrons. The molecule has 1 unspecified atom stereocenters. The Hall–Kier alpha value is -1.67. The maximum atomic E-state index is 12.1. The van der Waals surface area contributed by atoms with Gasteiger partial charge in [0.15, 0.2) is 0 Å². The third kappa shape index (κ3) is 4.78. The predicted octanol–water partition coefficient (Wildman–Crippen LogP) is -2.19. The fourth-order valence-corrected chi connectivity index (χ4v) is 1.85. The first-order valence-electron chi connectivity index (χ1n) is 6.60. The summed E-state index contributed by atoms with van der Waals surface area (Å²) < 4.78 is 5.25. The van der Waals surface area contributed by atoms with Gasteiger partial charge in [-0.15, -0.1) is 0 Å². The molecule has 0 saturated carbocycles. The van der Waals surface area contributed by atoms with Crippen LogP contribution in [0.3, 0.4) is 0 Å². The molecule has 1 rings (SSSR count). The summed E-state index contributed by atoms with van der Waals surface area (Å²) in [6.07, 6.45) is 0. The van der Waals surface area contributed by atoms with Gasteiger partial charge in [-0.25, -0.2) is 0 Å². The van der Waals surface area contributed by atoms with Gasteiger partial charge < -0.3 is 26.0 Å². The molecule has 0 aromatic carbocycles. The van der Waals surface area contributed by atoms with E-state index in [0.717, 1.165) is 0 Å². The van der Waals surface area contributed by atoms with Crippen molar-refractivity contribution >= 4 is 17.7 Å². The fourth-order valence-electron chi connectivity index (χ4n) is 1.85. The number of nitrogens with two attached hydrogens (primary N) is 1. The second-order valence-corrected chi connectivity index (χ2v) is 4.82. The van der Waals surface area contributed by atoms with E-state index in [4.69, 9.17) is 10.5 Å². The molecule has 0 bridgehead atoms. The maximum absolute atomic E-state index is 12.1. The Morgan fingerprint density at radius 2 is 2.10 bits per heavy atom. The van der Waals surface area contributed by atoms with Gasteiger partial charge in [-0.05, 0) is 13.8 Å². The van der Waals surface area contributed by atoms with Gasteiger partial charge in [0.2, 0.25) is 17.7 Å². The Morgan fingerprint density at radius 3 is 2.70 bits per heavy atom. The van der Waals surface area contributed by atoms with Crippen LogP contribution in [0.2, 0.25) is 0 Å². The number of hydrogen-bond donors (Lipinski definition) is 3. The van der Waals surface area contributed by atoms with E-state index in [9.17, 15) is 14.4 Å². The second kappa shape index (κ2) is 7.81. The van der Waals surface area contributed by atoms with Crippen LogP contribution in [-0.2, 0) is 19.1 Å². The van der Waals surface area contributed by atoms with Crippen molar-refractivity contribution in [2.24, 2.45) is 5.73 Å². The molecule has 1 fully saturated rings. The molecule has 8 heteroatoms. The number of morpholine rings is 1. The molecule has 3 amide bonds. The number of hydrogen-bond acceptors (Lipinski definition) is 5. The van der Waals surface area contributed by atoms with Crippen LogP contribution in [0.25, 0.3) is 0 Å². The number of ether oxygens (including phenoxy) is 1. The van der Waals surface area contributed by atoms with Crippen molar-refractivity contribution in [3.63, 3.8) is 0 Å². The monoisotopic (exact) mass is 286 g/mol. The highest BCUT2D eigenvalue weighted by Gasteiger charge is 2.32. The zero-order valence-electron chi connectivity index (χ0n) is 11.8. The predicted molar refractivity (Wildman–Crippen MR) is 71.7 cm³/mol. The van der Waals surface area contributed by atoms with E-state index in [-0.39, 0.29) is 37.6 Å². The molecule has 4 N–H and O–H groups in total. The lowest BCUT2D eigenvalue weighted by molar-refractivity contribution is -0.148. The van der Waals surface area contributed by atoms with Crippen molar-refractivity contribution in [3.05, 3.63) is 0 Å². The van der Waals surface area contributed by atoms with Gasteiger partial charge in [0, 0.05) is 12.6 Å². The Bertz CT molecular complexity index is 372. The number of nitrogens with one attached hydrogen (secondary N) is 2. The smallest absolute Gasteiger partial charge is 0.245 e. The SMILES string of the molecule is CC(C)NC(=O)C1COCCN1C(=O)CNC(=O)CN. The number of carbonyl (C=O) groups excluding carboxylic acids is 3. The molecule has 1 aliphatic heterocycles. The molecular formula is C12H22N4O4. The summed E-state index contributed by atoms with van der Waals surface area (Å²) >= 11 is 0. The van der Waals surface area contributed by atoms with Crippen LogP contribution in [0, 0.1) is 0 Å². The quantitative estimate of drug-likeness (QED) is 0.531. The minimum atomic E-state index is -0.659. The molecular weight excluding hydrogens is 264 g/mol. The van der Waals surface area contributed by atoms with E-state index < -0.39 is 11.9 Å². The number of carbonyl (C=O) groups is 3. The molecule has 0 spiro atoms. The van der Waals surface area contributed by atoms with Crippen molar-refractivity contribution in [1.82, 2.24) is 15.5 Å². The summed E-state index contributed by atoms with van der Waals surface area (Å²) in [6, 6.07) is -0.674. The zero-order valence-corrected chi connectivity index (χ0v) is 11.8. The fraction of sp³-hybridized carbons (Fsp3) is 0.750. The van der Waals surface area contributed by atoms with Crippen LogP contribution < -0.4 is 16.4 Å². The molecule has 1 aliphatic rings. The minimum Gasteiger partial charge on any atom is -0.377 e.